The van der Waals surface area contributed by atoms with Crippen molar-refractivity contribution in [3.05, 3.63) is 24.3 Å². The summed E-state index contributed by atoms with van der Waals surface area (Å²) in [6.07, 6.45) is 9.89. The number of ketones is 1. The second kappa shape index (κ2) is 4.31. The highest BCUT2D eigenvalue weighted by molar-refractivity contribution is 5.82. The number of aryl methyl sites for hydroxylation is 1. The zero-order chi connectivity index (χ0) is 9.80. The lowest BCUT2D eigenvalue weighted by atomic mass is 10.00. The van der Waals surface area contributed by atoms with E-state index in [0.29, 0.717) is 5.78 Å². The molecule has 1 fully saturated rings. The molecule has 14 heavy (non-hydrogen) atoms. The summed E-state index contributed by atoms with van der Waals surface area (Å²) in [7, 11) is 0. The van der Waals surface area contributed by atoms with E-state index in [1.807, 2.05) is 0 Å². The van der Waals surface area contributed by atoms with Crippen molar-refractivity contribution >= 4 is 5.78 Å². The van der Waals surface area contributed by atoms with Gasteiger partial charge in [0, 0.05) is 30.9 Å². The maximum atomic E-state index is 11.4. The van der Waals surface area contributed by atoms with Gasteiger partial charge in [0.1, 0.15) is 5.78 Å². The highest BCUT2D eigenvalue weighted by atomic mass is 16.1. The molecule has 0 radical (unpaired) electrons. The van der Waals surface area contributed by atoms with Gasteiger partial charge in [-0.3, -0.25) is 14.8 Å². The van der Waals surface area contributed by atoms with Crippen LogP contribution in [0.3, 0.4) is 0 Å². The first-order valence-electron chi connectivity index (χ1n) is 5.14. The second-order valence-electron chi connectivity index (χ2n) is 3.79. The summed E-state index contributed by atoms with van der Waals surface area (Å²) in [6, 6.07) is 0. The van der Waals surface area contributed by atoms with Crippen LogP contribution in [0.5, 0.6) is 0 Å². The standard InChI is InChI=1S/C11H14N2O/c14-11-3-1-2-9(11)4-5-10-8-12-6-7-13-10/h6-9H,1-5H2. The van der Waals surface area contributed by atoms with E-state index in [1.165, 1.54) is 0 Å². The van der Waals surface area contributed by atoms with Crippen molar-refractivity contribution in [3.8, 4) is 0 Å². The van der Waals surface area contributed by atoms with Crippen LogP contribution in [0.4, 0.5) is 0 Å². The van der Waals surface area contributed by atoms with Gasteiger partial charge in [0.15, 0.2) is 0 Å². The number of aromatic nitrogens is 2. The van der Waals surface area contributed by atoms with Crippen LogP contribution in [-0.4, -0.2) is 15.8 Å². The average Bonchev–Trinajstić information content (AvgIpc) is 2.63. The topological polar surface area (TPSA) is 42.9 Å². The molecule has 1 aromatic heterocycles. The molecule has 0 saturated heterocycles. The van der Waals surface area contributed by atoms with E-state index in [4.69, 9.17) is 0 Å². The molecule has 1 aliphatic rings. The molecule has 1 saturated carbocycles. The smallest absolute Gasteiger partial charge is 0.135 e. The van der Waals surface area contributed by atoms with E-state index >= 15 is 0 Å². The fourth-order valence-electron chi connectivity index (χ4n) is 1.97. The first-order chi connectivity index (χ1) is 6.86. The lowest BCUT2D eigenvalue weighted by molar-refractivity contribution is -0.120. The number of nitrogens with zero attached hydrogens (tertiary/aromatic N) is 2. The molecule has 0 bridgehead atoms. The van der Waals surface area contributed by atoms with E-state index in [1.54, 1.807) is 18.6 Å². The first-order valence-corrected chi connectivity index (χ1v) is 5.14. The molecule has 0 spiro atoms. The Bertz CT molecular complexity index is 310. The van der Waals surface area contributed by atoms with Gasteiger partial charge in [0.05, 0.1) is 5.69 Å². The maximum absolute atomic E-state index is 11.4. The van der Waals surface area contributed by atoms with Gasteiger partial charge in [-0.2, -0.15) is 0 Å². The van der Waals surface area contributed by atoms with Gasteiger partial charge >= 0.3 is 0 Å². The Morgan fingerprint density at radius 1 is 1.43 bits per heavy atom. The molecule has 0 aromatic carbocycles. The van der Waals surface area contributed by atoms with Crippen molar-refractivity contribution in [2.45, 2.75) is 32.1 Å². The molecule has 1 unspecified atom stereocenters. The van der Waals surface area contributed by atoms with Gasteiger partial charge in [0.25, 0.3) is 0 Å². The number of carbonyl (C=O) groups is 1. The van der Waals surface area contributed by atoms with Crippen molar-refractivity contribution in [3.63, 3.8) is 0 Å². The van der Waals surface area contributed by atoms with E-state index in [-0.39, 0.29) is 5.92 Å². The molecule has 3 nitrogen and oxygen atoms in total. The Hall–Kier alpha value is -1.25. The quantitative estimate of drug-likeness (QED) is 0.729. The van der Waals surface area contributed by atoms with E-state index in [2.05, 4.69) is 9.97 Å². The maximum Gasteiger partial charge on any atom is 0.135 e. The SMILES string of the molecule is O=C1CCCC1CCc1cnccn1. The summed E-state index contributed by atoms with van der Waals surface area (Å²) in [4.78, 5) is 19.6. The summed E-state index contributed by atoms with van der Waals surface area (Å²) in [5.41, 5.74) is 0.993. The third kappa shape index (κ3) is 2.16. The minimum atomic E-state index is 0.289. The van der Waals surface area contributed by atoms with Crippen LogP contribution in [0.25, 0.3) is 0 Å². The predicted octanol–water partition coefficient (Wildman–Crippen LogP) is 1.78. The molecule has 1 aromatic rings. The van der Waals surface area contributed by atoms with Crippen molar-refractivity contribution in [2.24, 2.45) is 5.92 Å². The van der Waals surface area contributed by atoms with Crippen LogP contribution in [0.1, 0.15) is 31.4 Å². The largest absolute Gasteiger partial charge is 0.299 e. The normalized spacial score (nSPS) is 21.4. The van der Waals surface area contributed by atoms with Gasteiger partial charge < -0.3 is 0 Å². The lowest BCUT2D eigenvalue weighted by Gasteiger charge is -2.05. The van der Waals surface area contributed by atoms with Crippen LogP contribution >= 0.6 is 0 Å². The Kier molecular flexibility index (Phi) is 2.87. The molecule has 1 aliphatic carbocycles. The molecule has 0 amide bonds. The van der Waals surface area contributed by atoms with Gasteiger partial charge in [-0.15, -0.1) is 0 Å². The predicted molar refractivity (Wildman–Crippen MR) is 52.7 cm³/mol. The summed E-state index contributed by atoms with van der Waals surface area (Å²) in [5.74, 6) is 0.728. The molecule has 0 aliphatic heterocycles. The molecular weight excluding hydrogens is 176 g/mol. The van der Waals surface area contributed by atoms with Crippen molar-refractivity contribution < 1.29 is 4.79 Å². The fourth-order valence-corrected chi connectivity index (χ4v) is 1.97. The van der Waals surface area contributed by atoms with Crippen molar-refractivity contribution in [1.82, 2.24) is 9.97 Å². The average molecular weight is 190 g/mol. The third-order valence-corrected chi connectivity index (χ3v) is 2.80. The summed E-state index contributed by atoms with van der Waals surface area (Å²) in [6.45, 7) is 0. The summed E-state index contributed by atoms with van der Waals surface area (Å²) in [5, 5.41) is 0. The zero-order valence-electron chi connectivity index (χ0n) is 8.15. The minimum absolute atomic E-state index is 0.289. The lowest BCUT2D eigenvalue weighted by Crippen LogP contribution is -2.07. The fraction of sp³-hybridized carbons (Fsp3) is 0.545. The van der Waals surface area contributed by atoms with E-state index < -0.39 is 0 Å². The number of hydrogen-bond acceptors (Lipinski definition) is 3. The molecule has 3 heteroatoms. The Morgan fingerprint density at radius 3 is 3.00 bits per heavy atom. The Morgan fingerprint density at radius 2 is 2.36 bits per heavy atom. The third-order valence-electron chi connectivity index (χ3n) is 2.80. The van der Waals surface area contributed by atoms with Gasteiger partial charge in [-0.05, 0) is 25.7 Å². The molecule has 74 valence electrons. The minimum Gasteiger partial charge on any atom is -0.299 e. The van der Waals surface area contributed by atoms with Gasteiger partial charge in [-0.1, -0.05) is 0 Å². The van der Waals surface area contributed by atoms with Crippen molar-refractivity contribution in [2.75, 3.05) is 0 Å². The van der Waals surface area contributed by atoms with Crippen LogP contribution in [0, 0.1) is 5.92 Å². The molecule has 1 atom stereocenters. The highest BCUT2D eigenvalue weighted by Gasteiger charge is 2.23. The van der Waals surface area contributed by atoms with E-state index in [0.717, 1.165) is 37.8 Å². The van der Waals surface area contributed by atoms with Crippen LogP contribution in [0.15, 0.2) is 18.6 Å². The number of hydrogen-bond donors (Lipinski definition) is 0. The van der Waals surface area contributed by atoms with Gasteiger partial charge in [0.2, 0.25) is 0 Å². The summed E-state index contributed by atoms with van der Waals surface area (Å²) < 4.78 is 0. The molecule has 0 N–H and O–H groups in total. The monoisotopic (exact) mass is 190 g/mol. The van der Waals surface area contributed by atoms with Crippen molar-refractivity contribution in [1.29, 1.82) is 0 Å². The highest BCUT2D eigenvalue weighted by Crippen LogP contribution is 2.25. The zero-order valence-corrected chi connectivity index (χ0v) is 8.15. The first kappa shape index (κ1) is 9.31. The number of carbonyl (C=O) groups excluding carboxylic acids is 1. The van der Waals surface area contributed by atoms with Crippen LogP contribution in [-0.2, 0) is 11.2 Å². The number of rotatable bonds is 3. The Balaban J connectivity index is 1.85. The molecule has 2 rings (SSSR count). The molecular formula is C11H14N2O. The van der Waals surface area contributed by atoms with Crippen LogP contribution < -0.4 is 0 Å². The number of Topliss-reactive ketones (excluding diaryl/α,β-unsaturated/α-hetero) is 1. The summed E-state index contributed by atoms with van der Waals surface area (Å²) >= 11 is 0. The molecule has 1 heterocycles. The second-order valence-corrected chi connectivity index (χ2v) is 3.79. The van der Waals surface area contributed by atoms with Crippen LogP contribution in [0.2, 0.25) is 0 Å². The van der Waals surface area contributed by atoms with E-state index in [9.17, 15) is 4.79 Å². The Labute approximate surface area is 83.6 Å². The van der Waals surface area contributed by atoms with Gasteiger partial charge in [-0.25, -0.2) is 0 Å².